The topological polar surface area (TPSA) is 134 Å². The Morgan fingerprint density at radius 3 is 2.24 bits per heavy atom. The van der Waals surface area contributed by atoms with Crippen molar-refractivity contribution in [2.45, 2.75) is 51.5 Å². The fourth-order valence-corrected chi connectivity index (χ4v) is 4.59. The molecule has 4 rings (SSSR count). The van der Waals surface area contributed by atoms with Crippen LogP contribution in [0.15, 0.2) is 38.3 Å². The second kappa shape index (κ2) is 14.7. The first-order chi connectivity index (χ1) is 21.4. The first-order valence-corrected chi connectivity index (χ1v) is 14.4. The summed E-state index contributed by atoms with van der Waals surface area (Å²) in [6, 6.07) is 4.85. The number of hydrogen-bond donors (Lipinski definition) is 1. The van der Waals surface area contributed by atoms with Gasteiger partial charge in [-0.05, 0) is 30.7 Å². The van der Waals surface area contributed by atoms with Gasteiger partial charge in [-0.1, -0.05) is 61.5 Å². The van der Waals surface area contributed by atoms with E-state index in [9.17, 15) is 27.6 Å². The van der Waals surface area contributed by atoms with Crippen LogP contribution in [-0.2, 0) is 16.6 Å². The summed E-state index contributed by atoms with van der Waals surface area (Å²) in [7, 11) is 0. The molecule has 0 aliphatic heterocycles. The minimum atomic E-state index is -3.14. The number of carboxylic acids is 1. The fourth-order valence-electron chi connectivity index (χ4n) is 3.68. The van der Waals surface area contributed by atoms with E-state index in [0.717, 1.165) is 23.7 Å². The van der Waals surface area contributed by atoms with Crippen molar-refractivity contribution in [2.75, 3.05) is 6.61 Å². The lowest BCUT2D eigenvalue weighted by molar-refractivity contribution is -0.136. The van der Waals surface area contributed by atoms with Crippen LogP contribution < -0.4 is 16.2 Å². The quantitative estimate of drug-likeness (QED) is 0.168. The summed E-state index contributed by atoms with van der Waals surface area (Å²) in [5, 5.41) is 15.7. The average Bonchev–Trinajstić information content (AvgIpc) is 3.48. The number of aliphatic carboxylic acids is 1. The van der Waals surface area contributed by atoms with E-state index in [4.69, 9.17) is 67.1 Å². The second-order valence-corrected chi connectivity index (χ2v) is 12.1. The molecule has 1 N–H and O–H groups in total. The summed E-state index contributed by atoms with van der Waals surface area (Å²) in [6.45, 7) is 3.72. The summed E-state index contributed by atoms with van der Waals surface area (Å²) in [4.78, 5) is 34.8. The molecule has 46 heavy (non-hydrogen) atoms. The van der Waals surface area contributed by atoms with Gasteiger partial charge in [-0.15, -0.1) is 28.2 Å². The van der Waals surface area contributed by atoms with E-state index >= 15 is 0 Å². The molecule has 1 unspecified atom stereocenters. The van der Waals surface area contributed by atoms with Crippen LogP contribution in [-0.4, -0.2) is 47.2 Å². The maximum Gasteiger partial charge on any atom is 0.442 e. The number of rotatable bonds is 8. The molecule has 0 fully saturated rings. The Balaban J connectivity index is 0.000000251. The van der Waals surface area contributed by atoms with E-state index < -0.39 is 46.3 Å². The Hall–Kier alpha value is -3.90. The number of halogens is 7. The van der Waals surface area contributed by atoms with Gasteiger partial charge >= 0.3 is 24.0 Å². The van der Waals surface area contributed by atoms with Gasteiger partial charge in [0.15, 0.2) is 5.82 Å². The number of terminal acetylenes is 1. The number of aromatic nitrogens is 5. The van der Waals surface area contributed by atoms with Crippen LogP contribution in [0, 0.1) is 25.1 Å². The predicted octanol–water partition coefficient (Wildman–Crippen LogP) is 6.21. The van der Waals surface area contributed by atoms with Gasteiger partial charge in [-0.3, -0.25) is 4.79 Å². The highest BCUT2D eigenvalue weighted by Crippen LogP contribution is 2.33. The third-order valence-electron chi connectivity index (χ3n) is 5.92. The van der Waals surface area contributed by atoms with Crippen molar-refractivity contribution in [2.24, 2.45) is 0 Å². The molecular formula is C28H24Cl4F3N5O6. The van der Waals surface area contributed by atoms with Crippen molar-refractivity contribution in [1.29, 1.82) is 0 Å². The summed E-state index contributed by atoms with van der Waals surface area (Å²) >= 11 is 23.6. The third kappa shape index (κ3) is 8.27. The second-order valence-electron chi connectivity index (χ2n) is 10.4. The monoisotopic (exact) mass is 723 g/mol. The number of carboxylic acid groups (broad SMARTS) is 1. The highest BCUT2D eigenvalue weighted by Gasteiger charge is 2.25. The number of ether oxygens (including phenoxy) is 1. The molecule has 2 aromatic heterocycles. The molecule has 0 bridgehead atoms. The number of aryl methyl sites for hydroxylation is 1. The number of nitrogens with zero attached hydrogens (tertiary/aromatic N) is 5. The molecule has 2 heterocycles. The molecule has 18 heteroatoms. The van der Waals surface area contributed by atoms with Gasteiger partial charge in [0, 0.05) is 22.9 Å². The average molecular weight is 725 g/mol. The lowest BCUT2D eigenvalue weighted by Crippen LogP contribution is -2.25. The van der Waals surface area contributed by atoms with Crippen molar-refractivity contribution < 1.29 is 32.2 Å². The van der Waals surface area contributed by atoms with Crippen molar-refractivity contribution in [3.8, 4) is 29.5 Å². The maximum absolute atomic E-state index is 14.1. The molecule has 0 radical (unpaired) electrons. The van der Waals surface area contributed by atoms with Crippen LogP contribution >= 0.6 is 46.4 Å². The SMILES string of the molecule is C#CCOc1cc(-n2nc(C(C)(C)C)oc2=O)c(Cl)cc1Cl.Cc1nn(-c2cc(CC(Cl)C(=O)O)c(Cl)cc2F)c(=O)n1C(F)F. The lowest BCUT2D eigenvalue weighted by Gasteiger charge is -2.11. The molecule has 2 aromatic carbocycles. The van der Waals surface area contributed by atoms with Crippen LogP contribution in [0.3, 0.4) is 0 Å². The Labute approximate surface area is 279 Å². The zero-order valence-corrected chi connectivity index (χ0v) is 27.3. The summed E-state index contributed by atoms with van der Waals surface area (Å²) in [5.41, 5.74) is -1.65. The van der Waals surface area contributed by atoms with E-state index in [1.807, 2.05) is 20.8 Å². The molecule has 0 aliphatic rings. The van der Waals surface area contributed by atoms with Crippen LogP contribution in [0.1, 0.15) is 44.6 Å². The predicted molar refractivity (Wildman–Crippen MR) is 165 cm³/mol. The van der Waals surface area contributed by atoms with Crippen molar-refractivity contribution in [3.63, 3.8) is 0 Å². The summed E-state index contributed by atoms with van der Waals surface area (Å²) in [5.74, 6) is -0.299. The molecule has 246 valence electrons. The van der Waals surface area contributed by atoms with Crippen LogP contribution in [0.25, 0.3) is 11.4 Å². The third-order valence-corrected chi connectivity index (χ3v) is 7.21. The van der Waals surface area contributed by atoms with Gasteiger partial charge < -0.3 is 14.3 Å². The van der Waals surface area contributed by atoms with E-state index in [-0.39, 0.29) is 44.1 Å². The Morgan fingerprint density at radius 1 is 1.07 bits per heavy atom. The molecule has 0 amide bonds. The van der Waals surface area contributed by atoms with E-state index in [0.29, 0.717) is 22.0 Å². The summed E-state index contributed by atoms with van der Waals surface area (Å²) in [6.07, 6.45) is 4.90. The molecule has 1 atom stereocenters. The number of benzene rings is 2. The van der Waals surface area contributed by atoms with Gasteiger partial charge in [0.2, 0.25) is 5.89 Å². The van der Waals surface area contributed by atoms with Gasteiger partial charge in [0.1, 0.15) is 29.2 Å². The van der Waals surface area contributed by atoms with Crippen molar-refractivity contribution in [3.05, 3.63) is 83.5 Å². The Morgan fingerprint density at radius 2 is 1.72 bits per heavy atom. The summed E-state index contributed by atoms with van der Waals surface area (Å²) < 4.78 is 51.9. The Kier molecular flexibility index (Phi) is 11.7. The minimum absolute atomic E-state index is 0.0434. The zero-order valence-electron chi connectivity index (χ0n) is 24.3. The lowest BCUT2D eigenvalue weighted by atomic mass is 9.97. The molecule has 0 saturated heterocycles. The molecule has 0 spiro atoms. The zero-order chi connectivity index (χ0) is 34.7. The van der Waals surface area contributed by atoms with Gasteiger partial charge in [0.05, 0.1) is 15.7 Å². The first-order valence-electron chi connectivity index (χ1n) is 12.8. The molecular weight excluding hydrogens is 701 g/mol. The first kappa shape index (κ1) is 36.6. The van der Waals surface area contributed by atoms with E-state index in [1.54, 1.807) is 0 Å². The van der Waals surface area contributed by atoms with Gasteiger partial charge in [0.25, 0.3) is 0 Å². The number of hydrogen-bond acceptors (Lipinski definition) is 7. The van der Waals surface area contributed by atoms with Crippen LogP contribution in [0.2, 0.25) is 15.1 Å². The van der Waals surface area contributed by atoms with Crippen molar-refractivity contribution in [1.82, 2.24) is 24.1 Å². The van der Waals surface area contributed by atoms with Crippen molar-refractivity contribution >= 4 is 52.4 Å². The Bertz CT molecular complexity index is 1920. The molecule has 4 aromatic rings. The minimum Gasteiger partial charge on any atom is -0.480 e. The van der Waals surface area contributed by atoms with E-state index in [1.165, 1.54) is 12.1 Å². The number of carbonyl (C=O) groups is 1. The molecule has 11 nitrogen and oxygen atoms in total. The van der Waals surface area contributed by atoms with Crippen LogP contribution in [0.5, 0.6) is 5.75 Å². The number of alkyl halides is 3. The molecule has 0 saturated carbocycles. The molecule has 0 aliphatic carbocycles. The van der Waals surface area contributed by atoms with Gasteiger partial charge in [-0.2, -0.15) is 18.1 Å². The normalized spacial score (nSPS) is 12.0. The largest absolute Gasteiger partial charge is 0.480 e. The fraction of sp³-hybridized carbons (Fsp3) is 0.321. The standard InChI is InChI=1S/C15H14Cl2N2O3.C13H10Cl2F3N3O3/c1-5-6-21-12-8-11(9(16)7-10(12)17)19-14(20)22-13(18-19)15(2,3)4;1-5-19-21(13(24)20(5)12(17)18)10-3-6(2-8(15)11(22)23)7(14)4-9(10)16/h1,7-8H,6H2,2-4H3;3-4,8,12H,2H2,1H3,(H,22,23). The van der Waals surface area contributed by atoms with E-state index in [2.05, 4.69) is 16.1 Å². The maximum atomic E-state index is 14.1. The highest BCUT2D eigenvalue weighted by molar-refractivity contribution is 6.36. The highest BCUT2D eigenvalue weighted by atomic mass is 35.5. The smallest absolute Gasteiger partial charge is 0.442 e. The van der Waals surface area contributed by atoms with Gasteiger partial charge in [-0.25, -0.2) is 18.5 Å². The van der Waals surface area contributed by atoms with Crippen LogP contribution in [0.4, 0.5) is 13.2 Å².